The van der Waals surface area contributed by atoms with E-state index >= 15 is 17.6 Å². The number of nitrogens with one attached hydrogen (secondary N) is 8. The maximum absolute atomic E-state index is 15.6. The van der Waals surface area contributed by atoms with Crippen LogP contribution in [0.25, 0.3) is 89.6 Å². The number of halogens is 4. The van der Waals surface area contributed by atoms with Crippen LogP contribution in [0.1, 0.15) is 52.1 Å². The van der Waals surface area contributed by atoms with E-state index in [2.05, 4.69) is 82.5 Å². The summed E-state index contributed by atoms with van der Waals surface area (Å²) < 4.78 is 77.5. The zero-order valence-corrected chi connectivity index (χ0v) is 60.1. The number of rotatable bonds is 10. The van der Waals surface area contributed by atoms with Crippen molar-refractivity contribution in [2.24, 2.45) is 0 Å². The van der Waals surface area contributed by atoms with Gasteiger partial charge >= 0.3 is 74.2 Å². The zero-order valence-electron chi connectivity index (χ0n) is 50.5. The Morgan fingerprint density at radius 3 is 1.19 bits per heavy atom. The normalized spacial score (nSPS) is 11.6. The standard InChI is InChI=1S/2C27H14F2N4O2P2.4C2H5NO2.CH4.4V/c28-27(29)21-9-15(1-5-18-12-30-25(31-18)36-13-34)2-6-19(21)20-7-3-16(10-22(20)27)17-4-8-23-24(11-17)33-26(32-23)37-14-35;28-27(29)20-9-15(1-2-16-4-8-22-23(10-16)32-26(31-22)37-14-35)3-6-18(20)19-7-5-17(11-21(19)27)24-12-30-25(33-24)36-13-34;4*1-5-2(3)4;;;;;/h2-4,6-12,36-37H,(H,30,31)(H,32,33);3-12,36-37H,(H,30,33)(H,31,32);4*1H3,(H2,3,4);1H4;;;;/q2*-2;;;;;;4*+2/p-4. The molecule has 0 spiro atoms. The summed E-state index contributed by atoms with van der Waals surface area (Å²) in [6, 6.07) is 37.7. The second-order valence-electron chi connectivity index (χ2n) is 18.5. The van der Waals surface area contributed by atoms with Gasteiger partial charge in [-0.25, -0.2) is 44.0 Å². The Labute approximate surface area is 616 Å². The van der Waals surface area contributed by atoms with Crippen LogP contribution in [0.4, 0.5) is 36.7 Å². The average molecular weight is 1570 g/mol. The fourth-order valence-electron chi connectivity index (χ4n) is 8.80. The van der Waals surface area contributed by atoms with Crippen LogP contribution in [0.2, 0.25) is 0 Å². The number of hydrogen-bond acceptors (Lipinski definition) is 16. The molecule has 0 fully saturated rings. The summed E-state index contributed by atoms with van der Waals surface area (Å²) in [6.07, 6.45) is -0.961. The van der Waals surface area contributed by atoms with Crippen molar-refractivity contribution in [3.63, 3.8) is 0 Å². The summed E-state index contributed by atoms with van der Waals surface area (Å²) in [6.45, 7) is 0. The first-order valence-corrected chi connectivity index (χ1v) is 30.2. The maximum atomic E-state index is 15.6. The van der Waals surface area contributed by atoms with Gasteiger partial charge in [0.15, 0.2) is 0 Å². The number of fused-ring (bicyclic) bond motifs is 8. The molecule has 4 heterocycles. The number of ether oxygens (including phenoxy) is 4. The average Bonchev–Trinajstić information content (AvgIpc) is 1.59. The SMILES string of the molecule is C.COC([NH-])=O.COC([NH-])=O.COC([NH-])=O.COC([NH-])=O.O=[C-]Pc1ncc(-c2ccc3c(c2)C(F)(F)c2cc(C#Cc4ccc5nc(P[C-]=O)[nH]c5c4)ccc2-3)[nH]1.O=[C-]Pc1ncc(C#Cc2ccc3c(c2)C(F)(F)c2cc(-c4ccc5nc(P[C-]=O)[nH]c5c4)ccc2-3)[nH]1.[V+2].[V+2].[V+2].[V+2]. The summed E-state index contributed by atoms with van der Waals surface area (Å²) in [7, 11) is 3.81. The van der Waals surface area contributed by atoms with Gasteiger partial charge in [-0.2, -0.15) is 51.9 Å². The number of imidazole rings is 4. The van der Waals surface area contributed by atoms with Gasteiger partial charge in [0.2, 0.25) is 24.4 Å². The molecular weight excluding hydrogens is 1520 g/mol. The third-order valence-electron chi connectivity index (χ3n) is 12.9. The Kier molecular flexibility index (Phi) is 35.3. The number of H-pyrrole nitrogens is 4. The van der Waals surface area contributed by atoms with E-state index in [1.165, 1.54) is 36.7 Å². The van der Waals surface area contributed by atoms with Crippen molar-refractivity contribution < 1.29 is 149 Å². The van der Waals surface area contributed by atoms with Gasteiger partial charge in [-0.1, -0.05) is 67.7 Å². The van der Waals surface area contributed by atoms with E-state index in [4.69, 9.17) is 22.9 Å². The maximum Gasteiger partial charge on any atom is 2.00 e. The van der Waals surface area contributed by atoms with E-state index in [1.807, 2.05) is 36.3 Å². The minimum absolute atomic E-state index is 0. The van der Waals surface area contributed by atoms with Gasteiger partial charge in [0.1, 0.15) is 5.69 Å². The van der Waals surface area contributed by atoms with Gasteiger partial charge in [-0.3, -0.25) is 19.2 Å². The van der Waals surface area contributed by atoms with Gasteiger partial charge < -0.3 is 81.0 Å². The number of aromatic nitrogens is 8. The molecule has 0 saturated heterocycles. The fraction of sp³-hybridized carbons (Fsp3) is 0.111. The van der Waals surface area contributed by atoms with Gasteiger partial charge in [0.25, 0.3) is 11.8 Å². The molecule has 6 aromatic carbocycles. The predicted molar refractivity (Wildman–Crippen MR) is 357 cm³/mol. The van der Waals surface area contributed by atoms with Crippen LogP contribution in [-0.4, -0.2) is 117 Å². The molecule has 0 bridgehead atoms. The Morgan fingerprint density at radius 1 is 0.424 bits per heavy atom. The number of carbonyl (C=O) groups is 4. The molecule has 0 saturated carbocycles. The minimum atomic E-state index is -3.19. The number of methoxy groups -OCH3 is 4. The van der Waals surface area contributed by atoms with Crippen molar-refractivity contribution in [2.45, 2.75) is 19.3 Å². The molecule has 99 heavy (non-hydrogen) atoms. The van der Waals surface area contributed by atoms with E-state index in [0.717, 1.165) is 45.0 Å². The molecule has 8 N–H and O–H groups in total. The quantitative estimate of drug-likeness (QED) is 0.0325. The molecule has 500 valence electrons. The zero-order chi connectivity index (χ0) is 68.3. The first-order valence-electron chi connectivity index (χ1n) is 26.2. The molecule has 10 aromatic rings. The van der Waals surface area contributed by atoms with Crippen LogP contribution in [0, 0.1) is 23.7 Å². The molecule has 36 heteroatoms. The first kappa shape index (κ1) is 86.4. The van der Waals surface area contributed by atoms with Crippen LogP contribution in [0.5, 0.6) is 0 Å². The summed E-state index contributed by atoms with van der Waals surface area (Å²) >= 11 is 0. The first-order chi connectivity index (χ1) is 45.0. The van der Waals surface area contributed by atoms with Gasteiger partial charge in [0, 0.05) is 44.5 Å². The number of alkyl halides is 4. The molecule has 4 radical (unpaired) electrons. The second-order valence-corrected chi connectivity index (χ2v) is 22.2. The Morgan fingerprint density at radius 2 is 0.747 bits per heavy atom. The molecule has 0 aliphatic heterocycles. The number of benzene rings is 6. The minimum Gasteiger partial charge on any atom is -0.632 e. The van der Waals surface area contributed by atoms with Crippen LogP contribution in [0.3, 0.4) is 0 Å². The summed E-state index contributed by atoms with van der Waals surface area (Å²) in [5, 5.41) is 0. The molecule has 4 amide bonds. The number of nitrogens with zero attached hydrogens (tertiary/aromatic N) is 4. The number of hydrogen-bond donors (Lipinski definition) is 4. The Bertz CT molecular complexity index is 4620. The van der Waals surface area contributed by atoms with Crippen LogP contribution >= 0.6 is 34.3 Å². The van der Waals surface area contributed by atoms with E-state index in [9.17, 15) is 38.4 Å². The van der Waals surface area contributed by atoms with E-state index in [1.54, 1.807) is 72.7 Å². The topological polar surface area (TPSA) is 383 Å². The third kappa shape index (κ3) is 22.7. The van der Waals surface area contributed by atoms with Crippen LogP contribution < -0.4 is 22.3 Å². The van der Waals surface area contributed by atoms with E-state index in [-0.39, 0.29) is 138 Å². The van der Waals surface area contributed by atoms with Crippen molar-refractivity contribution >= 4 is 127 Å². The van der Waals surface area contributed by atoms with Crippen molar-refractivity contribution in [3.8, 4) is 68.3 Å². The largest absolute Gasteiger partial charge is 2.00 e. The van der Waals surface area contributed by atoms with Gasteiger partial charge in [-0.05, 0) is 106 Å². The van der Waals surface area contributed by atoms with Crippen molar-refractivity contribution in [1.29, 1.82) is 0 Å². The molecule has 2 aliphatic carbocycles. The second kappa shape index (κ2) is 40.4. The smallest absolute Gasteiger partial charge is 0.632 e. The van der Waals surface area contributed by atoms with Crippen LogP contribution in [0.15, 0.2) is 122 Å². The van der Waals surface area contributed by atoms with Crippen LogP contribution in [-0.2, 0) is 124 Å². The Balaban J connectivity index is 0.000000508. The molecule has 24 nitrogen and oxygen atoms in total. The molecule has 4 unspecified atom stereocenters. The number of amides is 4. The fourth-order valence-corrected chi connectivity index (χ4v) is 10.6. The Hall–Kier alpha value is -8.66. The summed E-state index contributed by atoms with van der Waals surface area (Å²) in [5.74, 6) is 5.38. The third-order valence-corrected chi connectivity index (χ3v) is 15.2. The molecular formula is C63H48F4N12O12P4V4. The summed E-state index contributed by atoms with van der Waals surface area (Å²) in [4.78, 5) is 108. The molecule has 4 aromatic heterocycles. The molecule has 2 aliphatic rings. The molecule has 4 atom stereocenters. The predicted octanol–water partition coefficient (Wildman–Crippen LogP) is 12.3. The van der Waals surface area contributed by atoms with Crippen molar-refractivity contribution in [2.75, 3.05) is 28.4 Å². The number of carbonyl (C=O) groups excluding carboxylic acids is 8. The van der Waals surface area contributed by atoms with Gasteiger partial charge in [-0.15, -0.1) is 0 Å². The van der Waals surface area contributed by atoms with E-state index < -0.39 is 36.2 Å². The van der Waals surface area contributed by atoms with E-state index in [0.29, 0.717) is 94.8 Å². The summed E-state index contributed by atoms with van der Waals surface area (Å²) in [5.41, 5.74) is 34.9. The monoisotopic (exact) mass is 1570 g/mol. The van der Waals surface area contributed by atoms with Crippen molar-refractivity contribution in [1.82, 2.24) is 39.9 Å². The molecule has 12 rings (SSSR count). The number of aromatic amines is 4. The van der Waals surface area contributed by atoms with Gasteiger partial charge in [0.05, 0.1) is 90.9 Å². The van der Waals surface area contributed by atoms with Crippen molar-refractivity contribution in [3.05, 3.63) is 189 Å².